The molecule has 0 heterocycles. The number of hydrogen-bond acceptors (Lipinski definition) is 7. The molecule has 2 aromatic rings. The Kier molecular flexibility index (Phi) is 5.51. The first-order valence-electron chi connectivity index (χ1n) is 6.99. The van der Waals surface area contributed by atoms with Crippen LogP contribution in [0.2, 0.25) is 0 Å². The highest BCUT2D eigenvalue weighted by Crippen LogP contribution is 2.28. The number of carbonyl (C=O) groups excluding carboxylic acids is 2. The van der Waals surface area contributed by atoms with Gasteiger partial charge in [0.2, 0.25) is 0 Å². The molecule has 0 aliphatic heterocycles. The average Bonchev–Trinajstić information content (AvgIpc) is 2.60. The summed E-state index contributed by atoms with van der Waals surface area (Å²) in [6.45, 7) is -0.670. The zero-order valence-electron chi connectivity index (χ0n) is 13.1. The van der Waals surface area contributed by atoms with Crippen LogP contribution in [-0.2, 0) is 9.53 Å². The molecule has 0 aliphatic carbocycles. The van der Waals surface area contributed by atoms with Crippen molar-refractivity contribution in [3.05, 3.63) is 58.1 Å². The molecule has 2 N–H and O–H groups in total. The van der Waals surface area contributed by atoms with Crippen LogP contribution < -0.4 is 10.1 Å². The minimum Gasteiger partial charge on any atom is -0.507 e. The van der Waals surface area contributed by atoms with Gasteiger partial charge in [-0.15, -0.1) is 0 Å². The molecule has 9 nitrogen and oxygen atoms in total. The van der Waals surface area contributed by atoms with Gasteiger partial charge >= 0.3 is 5.97 Å². The molecule has 0 aliphatic rings. The van der Waals surface area contributed by atoms with Crippen molar-refractivity contribution in [1.82, 2.24) is 0 Å². The Morgan fingerprint density at radius 3 is 2.60 bits per heavy atom. The molecular formula is C16H14N2O7. The second-order valence-electron chi connectivity index (χ2n) is 4.78. The van der Waals surface area contributed by atoms with E-state index in [1.807, 2.05) is 0 Å². The summed E-state index contributed by atoms with van der Waals surface area (Å²) in [5, 5.41) is 22.9. The van der Waals surface area contributed by atoms with Crippen LogP contribution in [-0.4, -0.2) is 35.6 Å². The number of para-hydroxylation sites is 1. The number of carbonyl (C=O) groups is 2. The number of nitro benzene ring substituents is 1. The summed E-state index contributed by atoms with van der Waals surface area (Å²) < 4.78 is 9.68. The third-order valence-corrected chi connectivity index (χ3v) is 3.13. The van der Waals surface area contributed by atoms with E-state index in [0.717, 1.165) is 6.07 Å². The monoisotopic (exact) mass is 346 g/mol. The molecule has 0 saturated carbocycles. The van der Waals surface area contributed by atoms with E-state index in [9.17, 15) is 24.8 Å². The number of ether oxygens (including phenoxy) is 2. The number of phenolic OH excluding ortho intramolecular Hbond substituents is 1. The van der Waals surface area contributed by atoms with Crippen molar-refractivity contribution in [2.45, 2.75) is 0 Å². The summed E-state index contributed by atoms with van der Waals surface area (Å²) in [6, 6.07) is 9.60. The van der Waals surface area contributed by atoms with Gasteiger partial charge in [0, 0.05) is 0 Å². The van der Waals surface area contributed by atoms with Gasteiger partial charge in [-0.2, -0.15) is 0 Å². The van der Waals surface area contributed by atoms with Crippen molar-refractivity contribution < 1.29 is 29.1 Å². The zero-order valence-corrected chi connectivity index (χ0v) is 13.1. The molecule has 0 atom stereocenters. The number of hydrogen-bond donors (Lipinski definition) is 2. The van der Waals surface area contributed by atoms with Crippen LogP contribution in [0.15, 0.2) is 42.5 Å². The first kappa shape index (κ1) is 17.7. The minimum absolute atomic E-state index is 0.0607. The molecule has 0 fully saturated rings. The normalized spacial score (nSPS) is 9.96. The van der Waals surface area contributed by atoms with Crippen molar-refractivity contribution in [2.75, 3.05) is 19.0 Å². The Balaban J connectivity index is 2.02. The molecule has 0 spiro atoms. The number of anilines is 1. The van der Waals surface area contributed by atoms with Crippen molar-refractivity contribution >= 4 is 23.3 Å². The van der Waals surface area contributed by atoms with Crippen LogP contribution in [0.4, 0.5) is 11.4 Å². The third-order valence-electron chi connectivity index (χ3n) is 3.13. The smallest absolute Gasteiger partial charge is 0.342 e. The Hall–Kier alpha value is -3.62. The van der Waals surface area contributed by atoms with Crippen LogP contribution in [0.3, 0.4) is 0 Å². The van der Waals surface area contributed by atoms with Crippen molar-refractivity contribution in [3.63, 3.8) is 0 Å². The molecule has 0 saturated heterocycles. The number of esters is 1. The van der Waals surface area contributed by atoms with E-state index >= 15 is 0 Å². The lowest BCUT2D eigenvalue weighted by Gasteiger charge is -2.08. The van der Waals surface area contributed by atoms with Crippen molar-refractivity contribution in [3.8, 4) is 11.5 Å². The number of phenols is 1. The summed E-state index contributed by atoms with van der Waals surface area (Å²) >= 11 is 0. The SMILES string of the molecule is COc1ccc(NC(=O)COC(=O)c2ccccc2O)c([N+](=O)[O-])c1. The van der Waals surface area contributed by atoms with Gasteiger partial charge in [0.05, 0.1) is 18.1 Å². The molecule has 0 unspecified atom stereocenters. The van der Waals surface area contributed by atoms with Gasteiger partial charge in [-0.05, 0) is 24.3 Å². The first-order valence-corrected chi connectivity index (χ1v) is 6.99. The molecule has 2 aromatic carbocycles. The topological polar surface area (TPSA) is 128 Å². The Labute approximate surface area is 141 Å². The molecule has 9 heteroatoms. The average molecular weight is 346 g/mol. The van der Waals surface area contributed by atoms with Crippen molar-refractivity contribution in [1.29, 1.82) is 0 Å². The number of benzene rings is 2. The number of amides is 1. The van der Waals surface area contributed by atoms with Crippen LogP contribution >= 0.6 is 0 Å². The fourth-order valence-electron chi connectivity index (χ4n) is 1.94. The van der Waals surface area contributed by atoms with Gasteiger partial charge in [0.1, 0.15) is 22.7 Å². The van der Waals surface area contributed by atoms with Gasteiger partial charge in [-0.25, -0.2) is 4.79 Å². The predicted octanol–water partition coefficient (Wildman–Crippen LogP) is 2.10. The van der Waals surface area contributed by atoms with Crippen LogP contribution in [0.5, 0.6) is 11.5 Å². The summed E-state index contributed by atoms with van der Waals surface area (Å²) in [5.74, 6) is -1.68. The standard InChI is InChI=1S/C16H14N2O7/c1-24-10-6-7-12(13(8-10)18(22)23)17-15(20)9-25-16(21)11-4-2-3-5-14(11)19/h2-8,19H,9H2,1H3,(H,17,20). The first-order chi connectivity index (χ1) is 11.9. The Bertz CT molecular complexity index is 820. The number of methoxy groups -OCH3 is 1. The van der Waals surface area contributed by atoms with Gasteiger partial charge < -0.3 is 19.9 Å². The van der Waals surface area contributed by atoms with Crippen molar-refractivity contribution in [2.24, 2.45) is 0 Å². The van der Waals surface area contributed by atoms with E-state index < -0.39 is 23.4 Å². The second kappa shape index (κ2) is 7.77. The second-order valence-corrected chi connectivity index (χ2v) is 4.78. The number of rotatable bonds is 6. The number of aromatic hydroxyl groups is 1. The quantitative estimate of drug-likeness (QED) is 0.465. The number of nitrogens with zero attached hydrogens (tertiary/aromatic N) is 1. The zero-order chi connectivity index (χ0) is 18.4. The van der Waals surface area contributed by atoms with Crippen LogP contribution in [0.1, 0.15) is 10.4 Å². The molecule has 130 valence electrons. The maximum atomic E-state index is 11.9. The van der Waals surface area contributed by atoms with E-state index in [0.29, 0.717) is 0 Å². The highest BCUT2D eigenvalue weighted by molar-refractivity contribution is 5.97. The van der Waals surface area contributed by atoms with E-state index in [1.54, 1.807) is 0 Å². The molecule has 0 radical (unpaired) electrons. The summed E-state index contributed by atoms with van der Waals surface area (Å²) in [7, 11) is 1.36. The van der Waals surface area contributed by atoms with E-state index in [-0.39, 0.29) is 28.4 Å². The summed E-state index contributed by atoms with van der Waals surface area (Å²) in [5.41, 5.74) is -0.514. The van der Waals surface area contributed by atoms with Crippen LogP contribution in [0.25, 0.3) is 0 Å². The Morgan fingerprint density at radius 2 is 1.96 bits per heavy atom. The summed E-state index contributed by atoms with van der Waals surface area (Å²) in [6.07, 6.45) is 0. The van der Waals surface area contributed by atoms with Crippen LogP contribution in [0, 0.1) is 10.1 Å². The molecule has 0 bridgehead atoms. The number of nitro groups is 1. The van der Waals surface area contributed by atoms with E-state index in [1.165, 1.54) is 43.5 Å². The maximum absolute atomic E-state index is 11.9. The van der Waals surface area contributed by atoms with E-state index in [4.69, 9.17) is 9.47 Å². The fraction of sp³-hybridized carbons (Fsp3) is 0.125. The highest BCUT2D eigenvalue weighted by atomic mass is 16.6. The largest absolute Gasteiger partial charge is 0.507 e. The lowest BCUT2D eigenvalue weighted by molar-refractivity contribution is -0.384. The fourth-order valence-corrected chi connectivity index (χ4v) is 1.94. The maximum Gasteiger partial charge on any atom is 0.342 e. The number of nitrogens with one attached hydrogen (secondary N) is 1. The van der Waals surface area contributed by atoms with Gasteiger partial charge in [0.15, 0.2) is 6.61 Å². The van der Waals surface area contributed by atoms with E-state index in [2.05, 4.69) is 5.32 Å². The predicted molar refractivity (Wildman–Crippen MR) is 86.7 cm³/mol. The molecule has 0 aromatic heterocycles. The van der Waals surface area contributed by atoms with Gasteiger partial charge in [-0.3, -0.25) is 14.9 Å². The lowest BCUT2D eigenvalue weighted by atomic mass is 10.2. The summed E-state index contributed by atoms with van der Waals surface area (Å²) in [4.78, 5) is 34.0. The molecule has 25 heavy (non-hydrogen) atoms. The minimum atomic E-state index is -0.891. The highest BCUT2D eigenvalue weighted by Gasteiger charge is 2.19. The molecule has 2 rings (SSSR count). The molecule has 1 amide bonds. The molecular weight excluding hydrogens is 332 g/mol. The third kappa shape index (κ3) is 4.44. The lowest BCUT2D eigenvalue weighted by Crippen LogP contribution is -2.21. The Morgan fingerprint density at radius 1 is 1.24 bits per heavy atom. The van der Waals surface area contributed by atoms with Gasteiger partial charge in [0.25, 0.3) is 11.6 Å². The van der Waals surface area contributed by atoms with Gasteiger partial charge in [-0.1, -0.05) is 12.1 Å².